The van der Waals surface area contributed by atoms with Crippen LogP contribution in [0.15, 0.2) is 30.3 Å². The van der Waals surface area contributed by atoms with Crippen molar-refractivity contribution in [2.75, 3.05) is 33.2 Å². The van der Waals surface area contributed by atoms with Crippen molar-refractivity contribution in [3.05, 3.63) is 35.9 Å². The van der Waals surface area contributed by atoms with Crippen LogP contribution < -0.4 is 10.6 Å². The number of carbonyl (C=O) groups excluding carboxylic acids is 4. The van der Waals surface area contributed by atoms with Gasteiger partial charge in [-0.25, -0.2) is 4.79 Å². The van der Waals surface area contributed by atoms with Crippen LogP contribution in [0.5, 0.6) is 0 Å². The number of ether oxygens (including phenoxy) is 1. The van der Waals surface area contributed by atoms with Crippen molar-refractivity contribution >= 4 is 23.8 Å². The first kappa shape index (κ1) is 27.5. The van der Waals surface area contributed by atoms with Crippen LogP contribution in [0.3, 0.4) is 0 Å². The van der Waals surface area contributed by atoms with E-state index in [4.69, 9.17) is 4.74 Å². The summed E-state index contributed by atoms with van der Waals surface area (Å²) in [5.41, 5.74) is 0.368. The second-order valence-corrected chi connectivity index (χ2v) is 10.8. The third kappa shape index (κ3) is 7.70. The molecule has 2 N–H and O–H groups in total. The van der Waals surface area contributed by atoms with Crippen LogP contribution in [0.2, 0.25) is 0 Å². The smallest absolute Gasteiger partial charge is 0.410 e. The molecule has 2 fully saturated rings. The van der Waals surface area contributed by atoms with E-state index in [2.05, 4.69) is 10.6 Å². The Morgan fingerprint density at radius 3 is 2.22 bits per heavy atom. The normalized spacial score (nSPS) is 21.3. The molecule has 198 valence electrons. The third-order valence-corrected chi connectivity index (χ3v) is 6.69. The Bertz CT molecular complexity index is 930. The quantitative estimate of drug-likeness (QED) is 0.623. The number of amides is 4. The molecule has 0 radical (unpaired) electrons. The second kappa shape index (κ2) is 12.2. The van der Waals surface area contributed by atoms with Crippen molar-refractivity contribution in [3.8, 4) is 0 Å². The number of nitrogens with one attached hydrogen (secondary N) is 2. The van der Waals surface area contributed by atoms with Gasteiger partial charge in [0.05, 0.1) is 11.8 Å². The van der Waals surface area contributed by atoms with Gasteiger partial charge >= 0.3 is 6.09 Å². The molecule has 9 heteroatoms. The highest BCUT2D eigenvalue weighted by atomic mass is 16.6. The molecular weight excluding hydrogens is 460 g/mol. The number of hydrogen-bond donors (Lipinski definition) is 2. The Kier molecular flexibility index (Phi) is 9.34. The van der Waals surface area contributed by atoms with Gasteiger partial charge in [-0.2, -0.15) is 0 Å². The van der Waals surface area contributed by atoms with Gasteiger partial charge in [-0.05, 0) is 52.0 Å². The van der Waals surface area contributed by atoms with Crippen molar-refractivity contribution in [2.45, 2.75) is 64.5 Å². The molecule has 0 bridgehead atoms. The van der Waals surface area contributed by atoms with Gasteiger partial charge in [-0.3, -0.25) is 14.4 Å². The molecule has 3 rings (SSSR count). The molecule has 0 spiro atoms. The summed E-state index contributed by atoms with van der Waals surface area (Å²) in [6.45, 7) is 7.29. The van der Waals surface area contributed by atoms with Crippen LogP contribution in [0.4, 0.5) is 4.79 Å². The molecule has 2 aliphatic rings. The van der Waals surface area contributed by atoms with E-state index in [0.717, 1.165) is 18.4 Å². The first-order valence-corrected chi connectivity index (χ1v) is 12.9. The first-order chi connectivity index (χ1) is 17.1. The largest absolute Gasteiger partial charge is 0.444 e. The fourth-order valence-corrected chi connectivity index (χ4v) is 4.84. The van der Waals surface area contributed by atoms with Crippen molar-refractivity contribution in [3.63, 3.8) is 0 Å². The van der Waals surface area contributed by atoms with Gasteiger partial charge in [-0.1, -0.05) is 30.3 Å². The van der Waals surface area contributed by atoms with Crippen LogP contribution >= 0.6 is 0 Å². The Hall–Kier alpha value is -3.10. The minimum absolute atomic E-state index is 0.0205. The average molecular weight is 501 g/mol. The van der Waals surface area contributed by atoms with Crippen molar-refractivity contribution in [2.24, 2.45) is 11.8 Å². The number of hydrogen-bond acceptors (Lipinski definition) is 5. The number of carbonyl (C=O) groups is 4. The van der Waals surface area contributed by atoms with E-state index < -0.39 is 17.7 Å². The fourth-order valence-electron chi connectivity index (χ4n) is 4.84. The summed E-state index contributed by atoms with van der Waals surface area (Å²) in [6.07, 6.45) is 2.83. The topological polar surface area (TPSA) is 108 Å². The van der Waals surface area contributed by atoms with Gasteiger partial charge in [0, 0.05) is 39.6 Å². The zero-order valence-electron chi connectivity index (χ0n) is 21.9. The highest BCUT2D eigenvalue weighted by Crippen LogP contribution is 2.25. The van der Waals surface area contributed by atoms with Gasteiger partial charge in [0.15, 0.2) is 0 Å². The first-order valence-electron chi connectivity index (χ1n) is 12.9. The number of nitrogens with zero attached hydrogens (tertiary/aromatic N) is 2. The average Bonchev–Trinajstić information content (AvgIpc) is 2.87. The maximum absolute atomic E-state index is 13.3. The second-order valence-electron chi connectivity index (χ2n) is 10.8. The molecular formula is C27H40N4O5. The molecule has 4 amide bonds. The molecule has 0 aliphatic carbocycles. The minimum Gasteiger partial charge on any atom is -0.444 e. The van der Waals surface area contributed by atoms with Crippen LogP contribution in [-0.2, 0) is 25.5 Å². The molecule has 9 nitrogen and oxygen atoms in total. The lowest BCUT2D eigenvalue weighted by molar-refractivity contribution is -0.141. The number of piperidine rings is 2. The van der Waals surface area contributed by atoms with Crippen LogP contribution in [0.25, 0.3) is 0 Å². The lowest BCUT2D eigenvalue weighted by Gasteiger charge is -2.38. The summed E-state index contributed by atoms with van der Waals surface area (Å²) < 4.78 is 5.48. The van der Waals surface area contributed by atoms with E-state index in [0.29, 0.717) is 45.4 Å². The summed E-state index contributed by atoms with van der Waals surface area (Å²) in [6, 6.07) is 8.87. The summed E-state index contributed by atoms with van der Waals surface area (Å²) in [5.74, 6) is -1.16. The maximum atomic E-state index is 13.3. The van der Waals surface area contributed by atoms with Gasteiger partial charge in [0.2, 0.25) is 17.7 Å². The monoisotopic (exact) mass is 500 g/mol. The van der Waals surface area contributed by atoms with Crippen molar-refractivity contribution in [1.29, 1.82) is 0 Å². The van der Waals surface area contributed by atoms with Crippen molar-refractivity contribution in [1.82, 2.24) is 20.4 Å². The molecule has 2 saturated heterocycles. The molecule has 0 aromatic heterocycles. The predicted molar refractivity (Wildman–Crippen MR) is 136 cm³/mol. The van der Waals surface area contributed by atoms with Crippen molar-refractivity contribution < 1.29 is 23.9 Å². The third-order valence-electron chi connectivity index (χ3n) is 6.69. The van der Waals surface area contributed by atoms with E-state index in [1.807, 2.05) is 51.1 Å². The summed E-state index contributed by atoms with van der Waals surface area (Å²) >= 11 is 0. The molecule has 0 saturated carbocycles. The number of benzene rings is 1. The standard InChI is InChI=1S/C27H40N4O5/c1-27(2,3)36-26(35)31-15-9-13-21(18-31)25(34)30-14-8-12-20(17-30)23(32)29-22(24(33)28-4)16-19-10-6-5-7-11-19/h5-7,10-11,20-22H,8-9,12-18H2,1-4H3,(H,28,33)(H,29,32)/t20-,21+,22-/m0/s1. The predicted octanol–water partition coefficient (Wildman–Crippen LogP) is 2.35. The Balaban J connectivity index is 1.59. The van der Waals surface area contributed by atoms with E-state index >= 15 is 0 Å². The summed E-state index contributed by atoms with van der Waals surface area (Å²) in [4.78, 5) is 54.8. The summed E-state index contributed by atoms with van der Waals surface area (Å²) in [5, 5.41) is 5.54. The van der Waals surface area contributed by atoms with E-state index in [9.17, 15) is 19.2 Å². The minimum atomic E-state index is -0.684. The van der Waals surface area contributed by atoms with Crippen LogP contribution in [-0.4, -0.2) is 78.5 Å². The molecule has 1 aromatic carbocycles. The van der Waals surface area contributed by atoms with E-state index in [1.165, 1.54) is 0 Å². The van der Waals surface area contributed by atoms with E-state index in [1.54, 1.807) is 16.8 Å². The number of likely N-dealkylation sites (tertiary alicyclic amines) is 2. The number of likely N-dealkylation sites (N-methyl/N-ethyl adjacent to an activating group) is 1. The highest BCUT2D eigenvalue weighted by molar-refractivity contribution is 5.89. The number of rotatable bonds is 6. The molecule has 1 aromatic rings. The van der Waals surface area contributed by atoms with E-state index in [-0.39, 0.29) is 29.6 Å². The SMILES string of the molecule is CNC(=O)[C@H](Cc1ccccc1)NC(=O)[C@H]1CCCN(C(=O)[C@@H]2CCCN(C(=O)OC(C)(C)C)C2)C1. The van der Waals surface area contributed by atoms with Crippen LogP contribution in [0.1, 0.15) is 52.0 Å². The maximum Gasteiger partial charge on any atom is 0.410 e. The van der Waals surface area contributed by atoms with Gasteiger partial charge in [0.1, 0.15) is 11.6 Å². The molecule has 2 aliphatic heterocycles. The van der Waals surface area contributed by atoms with Gasteiger partial charge in [-0.15, -0.1) is 0 Å². The molecule has 0 unspecified atom stereocenters. The Morgan fingerprint density at radius 2 is 1.58 bits per heavy atom. The molecule has 3 atom stereocenters. The molecule has 36 heavy (non-hydrogen) atoms. The highest BCUT2D eigenvalue weighted by Gasteiger charge is 2.36. The fraction of sp³-hybridized carbons (Fsp3) is 0.630. The zero-order chi connectivity index (χ0) is 26.3. The Morgan fingerprint density at radius 1 is 0.972 bits per heavy atom. The Labute approximate surface area is 213 Å². The van der Waals surface area contributed by atoms with Gasteiger partial charge in [0.25, 0.3) is 0 Å². The lowest BCUT2D eigenvalue weighted by Crippen LogP contribution is -2.53. The summed E-state index contributed by atoms with van der Waals surface area (Å²) in [7, 11) is 1.55. The zero-order valence-corrected chi connectivity index (χ0v) is 21.9. The lowest BCUT2D eigenvalue weighted by atomic mass is 9.92. The molecule has 2 heterocycles. The van der Waals surface area contributed by atoms with Gasteiger partial charge < -0.3 is 25.2 Å². The van der Waals surface area contributed by atoms with Crippen LogP contribution in [0, 0.1) is 11.8 Å².